The quantitative estimate of drug-likeness (QED) is 0.129. The zero-order chi connectivity index (χ0) is 41.2. The van der Waals surface area contributed by atoms with Gasteiger partial charge in [0.15, 0.2) is 0 Å². The summed E-state index contributed by atoms with van der Waals surface area (Å²) in [4.78, 5) is 77.1. The van der Waals surface area contributed by atoms with E-state index in [1.54, 1.807) is 6.20 Å². The molecule has 8 rings (SSSR count). The first kappa shape index (κ1) is 39.8. The molecule has 5 aromatic rings. The molecule has 310 valence electrons. The van der Waals surface area contributed by atoms with E-state index in [2.05, 4.69) is 32.7 Å². The number of amides is 4. The number of H-pyrrole nitrogens is 2. The summed E-state index contributed by atoms with van der Waals surface area (Å²) in [5, 5.41) is 6.48. The van der Waals surface area contributed by atoms with E-state index in [1.165, 1.54) is 14.2 Å². The number of fused-ring (bicyclic) bond motifs is 2. The van der Waals surface area contributed by atoms with Gasteiger partial charge in [0.1, 0.15) is 23.7 Å². The number of ether oxygens (including phenoxy) is 3. The molecule has 4 unspecified atom stereocenters. The van der Waals surface area contributed by atoms with Crippen LogP contribution in [0.4, 0.5) is 9.59 Å². The minimum atomic E-state index is -0.703. The number of pyridine rings is 1. The van der Waals surface area contributed by atoms with Crippen LogP contribution in [-0.2, 0) is 23.8 Å². The number of likely N-dealkylation sites (tertiary alicyclic amines) is 2. The van der Waals surface area contributed by atoms with Gasteiger partial charge in [0, 0.05) is 42.8 Å². The van der Waals surface area contributed by atoms with E-state index in [1.807, 2.05) is 60.0 Å². The molecule has 0 aliphatic carbocycles. The third-order valence-electron chi connectivity index (χ3n) is 11.9. The number of aromatic nitrogens is 5. The molecule has 6 heterocycles. The summed E-state index contributed by atoms with van der Waals surface area (Å²) in [5.74, 6) is 0.999. The van der Waals surface area contributed by atoms with Crippen LogP contribution in [0.1, 0.15) is 76.1 Å². The van der Waals surface area contributed by atoms with E-state index >= 15 is 0 Å². The standard InChI is InChI=1S/C43H51N9O7/c1-24(2)36(49-42(55)57-3)40(53)52-18-6-8-35(52)39-46-31-14-11-28(22-32(31)47-39)30-12-9-26-21-27(10-13-29(26)45-30)33-23-44-38(48-33)34-7-5-17-51(34)41(54)37(50-43(56)58-4)25-15-19-59-20-16-25/h9-14,21-25,34-37H,5-8,15-20H2,1-4H3,(H,44,48)(H,46,47)(H,49,55)(H,50,56). The number of rotatable bonds is 10. The first-order valence-electron chi connectivity index (χ1n) is 20.5. The molecule has 59 heavy (non-hydrogen) atoms. The molecular formula is C43H51N9O7. The Hall–Kier alpha value is -6.03. The lowest BCUT2D eigenvalue weighted by Gasteiger charge is -2.34. The van der Waals surface area contributed by atoms with E-state index in [9.17, 15) is 19.2 Å². The molecule has 3 saturated heterocycles. The van der Waals surface area contributed by atoms with Gasteiger partial charge in [-0.3, -0.25) is 9.59 Å². The fraction of sp³-hybridized carbons (Fsp3) is 0.465. The molecule has 0 spiro atoms. The van der Waals surface area contributed by atoms with Gasteiger partial charge in [0.2, 0.25) is 11.8 Å². The van der Waals surface area contributed by atoms with Crippen LogP contribution in [0.25, 0.3) is 44.5 Å². The second kappa shape index (κ2) is 17.1. The van der Waals surface area contributed by atoms with Gasteiger partial charge in [-0.2, -0.15) is 0 Å². The minimum Gasteiger partial charge on any atom is -0.453 e. The highest BCUT2D eigenvalue weighted by Crippen LogP contribution is 2.36. The number of hydrogen-bond acceptors (Lipinski definition) is 10. The van der Waals surface area contributed by atoms with Crippen molar-refractivity contribution in [3.8, 4) is 22.5 Å². The Bertz CT molecular complexity index is 2350. The zero-order valence-electron chi connectivity index (χ0n) is 33.8. The molecule has 16 nitrogen and oxygen atoms in total. The second-order valence-corrected chi connectivity index (χ2v) is 15.9. The number of alkyl carbamates (subject to hydrolysis) is 2. The Balaban J connectivity index is 0.977. The maximum Gasteiger partial charge on any atom is 0.407 e. The molecule has 3 fully saturated rings. The monoisotopic (exact) mass is 805 g/mol. The van der Waals surface area contributed by atoms with E-state index in [0.29, 0.717) is 50.8 Å². The Labute approximate surface area is 341 Å². The Kier molecular flexibility index (Phi) is 11.5. The van der Waals surface area contributed by atoms with Gasteiger partial charge in [-0.15, -0.1) is 0 Å². The van der Waals surface area contributed by atoms with E-state index < -0.39 is 24.3 Å². The third-order valence-corrected chi connectivity index (χ3v) is 11.9. The number of methoxy groups -OCH3 is 2. The van der Waals surface area contributed by atoms with Crippen LogP contribution in [0.5, 0.6) is 0 Å². The summed E-state index contributed by atoms with van der Waals surface area (Å²) in [6, 6.07) is 14.3. The van der Waals surface area contributed by atoms with Gasteiger partial charge in [0.05, 0.1) is 60.4 Å². The highest BCUT2D eigenvalue weighted by molar-refractivity contribution is 5.89. The molecule has 4 atom stereocenters. The number of aromatic amines is 2. The maximum absolute atomic E-state index is 14.0. The Morgan fingerprint density at radius 2 is 1.44 bits per heavy atom. The van der Waals surface area contributed by atoms with Gasteiger partial charge in [-0.1, -0.05) is 32.0 Å². The van der Waals surface area contributed by atoms with E-state index in [0.717, 1.165) is 70.1 Å². The predicted octanol–water partition coefficient (Wildman–Crippen LogP) is 6.03. The average Bonchev–Trinajstić information content (AvgIpc) is 4.10. The number of nitrogens with zero attached hydrogens (tertiary/aromatic N) is 5. The summed E-state index contributed by atoms with van der Waals surface area (Å²) in [6.07, 6.45) is 5.13. The number of hydrogen-bond donors (Lipinski definition) is 4. The molecule has 0 saturated carbocycles. The van der Waals surface area contributed by atoms with Crippen LogP contribution in [0.2, 0.25) is 0 Å². The van der Waals surface area contributed by atoms with Crippen molar-refractivity contribution in [2.24, 2.45) is 11.8 Å². The molecular weight excluding hydrogens is 755 g/mol. The van der Waals surface area contributed by atoms with Gasteiger partial charge in [-0.25, -0.2) is 24.5 Å². The molecule has 4 amide bonds. The van der Waals surface area contributed by atoms with Crippen molar-refractivity contribution in [2.75, 3.05) is 40.5 Å². The Morgan fingerprint density at radius 3 is 2.17 bits per heavy atom. The molecule has 16 heteroatoms. The van der Waals surface area contributed by atoms with Crippen LogP contribution in [-0.4, -0.2) is 111 Å². The van der Waals surface area contributed by atoms with Crippen molar-refractivity contribution in [1.29, 1.82) is 0 Å². The molecule has 2 aromatic carbocycles. The largest absolute Gasteiger partial charge is 0.453 e. The summed E-state index contributed by atoms with van der Waals surface area (Å²) in [6.45, 7) is 6.07. The highest BCUT2D eigenvalue weighted by atomic mass is 16.5. The van der Waals surface area contributed by atoms with E-state index in [4.69, 9.17) is 29.2 Å². The van der Waals surface area contributed by atoms with Crippen molar-refractivity contribution >= 4 is 45.9 Å². The Morgan fingerprint density at radius 1 is 0.763 bits per heavy atom. The van der Waals surface area contributed by atoms with Gasteiger partial charge < -0.3 is 44.6 Å². The van der Waals surface area contributed by atoms with Gasteiger partial charge in [0.25, 0.3) is 0 Å². The van der Waals surface area contributed by atoms with Gasteiger partial charge in [-0.05, 0) is 80.7 Å². The lowest BCUT2D eigenvalue weighted by atomic mass is 9.90. The van der Waals surface area contributed by atoms with Crippen LogP contribution in [0.3, 0.4) is 0 Å². The maximum atomic E-state index is 14.0. The minimum absolute atomic E-state index is 0.0359. The van der Waals surface area contributed by atoms with Crippen molar-refractivity contribution in [2.45, 2.75) is 76.5 Å². The SMILES string of the molecule is COC(=O)NC(C(=O)N1CCCC1c1nc2ccc(-c3ccc4cc(-c5cnc(C6CCCN6C(=O)C(NC(=O)OC)C6CCOCC6)[nH]5)ccc4n3)cc2[nH]1)C(C)C. The number of imidazole rings is 2. The topological polar surface area (TPSA) is 197 Å². The molecule has 3 aliphatic rings. The predicted molar refractivity (Wildman–Crippen MR) is 219 cm³/mol. The first-order chi connectivity index (χ1) is 28.6. The fourth-order valence-corrected chi connectivity index (χ4v) is 8.76. The summed E-state index contributed by atoms with van der Waals surface area (Å²) >= 11 is 0. The summed E-state index contributed by atoms with van der Waals surface area (Å²) in [7, 11) is 2.59. The van der Waals surface area contributed by atoms with E-state index in [-0.39, 0.29) is 35.7 Å². The number of nitrogens with one attached hydrogen (secondary N) is 4. The molecule has 0 radical (unpaired) electrons. The van der Waals surface area contributed by atoms with Crippen molar-refractivity contribution < 1.29 is 33.4 Å². The van der Waals surface area contributed by atoms with Gasteiger partial charge >= 0.3 is 12.2 Å². The van der Waals surface area contributed by atoms with Crippen LogP contribution in [0, 0.1) is 11.8 Å². The normalized spacial score (nSPS) is 19.6. The average molecular weight is 806 g/mol. The lowest BCUT2D eigenvalue weighted by molar-refractivity contribution is -0.137. The third kappa shape index (κ3) is 8.18. The fourth-order valence-electron chi connectivity index (χ4n) is 8.76. The molecule has 3 aromatic heterocycles. The van der Waals surface area contributed by atoms with Crippen LogP contribution in [0.15, 0.2) is 54.7 Å². The summed E-state index contributed by atoms with van der Waals surface area (Å²) in [5.41, 5.74) is 5.99. The van der Waals surface area contributed by atoms with Crippen molar-refractivity contribution in [3.05, 3.63) is 66.4 Å². The molecule has 4 N–H and O–H groups in total. The first-order valence-corrected chi connectivity index (χ1v) is 20.5. The smallest absolute Gasteiger partial charge is 0.407 e. The summed E-state index contributed by atoms with van der Waals surface area (Å²) < 4.78 is 15.2. The lowest BCUT2D eigenvalue weighted by Crippen LogP contribution is -2.53. The number of carbonyl (C=O) groups excluding carboxylic acids is 4. The second-order valence-electron chi connectivity index (χ2n) is 15.9. The highest BCUT2D eigenvalue weighted by Gasteiger charge is 2.41. The molecule has 0 bridgehead atoms. The number of carbonyl (C=O) groups is 4. The van der Waals surface area contributed by atoms with Crippen LogP contribution < -0.4 is 10.6 Å². The van der Waals surface area contributed by atoms with Crippen molar-refractivity contribution in [1.82, 2.24) is 45.4 Å². The zero-order valence-corrected chi connectivity index (χ0v) is 33.8. The van der Waals surface area contributed by atoms with Crippen LogP contribution >= 0.6 is 0 Å². The molecule has 3 aliphatic heterocycles. The van der Waals surface area contributed by atoms with Crippen molar-refractivity contribution in [3.63, 3.8) is 0 Å². The number of benzene rings is 2.